The summed E-state index contributed by atoms with van der Waals surface area (Å²) in [6.45, 7) is 0. The van der Waals surface area contributed by atoms with Crippen molar-refractivity contribution < 1.29 is 0 Å². The predicted octanol–water partition coefficient (Wildman–Crippen LogP) is 12.8. The molecule has 0 aliphatic heterocycles. The zero-order valence-electron chi connectivity index (χ0n) is 27.4. The second kappa shape index (κ2) is 12.5. The van der Waals surface area contributed by atoms with Crippen LogP contribution in [-0.4, -0.2) is 6.21 Å². The average Bonchev–Trinajstić information content (AvgIpc) is 3.88. The highest BCUT2D eigenvalue weighted by Gasteiger charge is 2.20. The molecule has 3 N–H and O–H groups in total. The number of rotatable bonds is 7. The van der Waals surface area contributed by atoms with Crippen LogP contribution < -0.4 is 11.1 Å². The molecule has 10 aromatic rings. The Balaban J connectivity index is 1.12. The molecule has 10 rings (SSSR count). The quantitative estimate of drug-likeness (QED) is 0.128. The number of nitrogens with one attached hydrogen (secondary N) is 1. The molecule has 0 aliphatic rings. The van der Waals surface area contributed by atoms with Crippen LogP contribution in [0.1, 0.15) is 29.0 Å². The molecule has 51 heavy (non-hydrogen) atoms. The molecule has 3 aromatic heterocycles. The standard InChI is InChI=1S/C45H31N3S3/c46-44(27-12-2-1-3-13-27)48-45(36-22-11-25-39-40(36)35-16-5-7-24-38(35)49-39)47-26-28-14-8-17-31-32-19-10-21-34(43(32)51-41(28)31)33-20-9-18-30-29-15-4-6-23-37(29)50-42(30)33/h1-26,44-45,48H,46H2/t44-,45?/m0/s1. The lowest BCUT2D eigenvalue weighted by molar-refractivity contribution is 0.469. The first-order chi connectivity index (χ1) is 25.2. The topological polar surface area (TPSA) is 50.4 Å². The van der Waals surface area contributed by atoms with Crippen molar-refractivity contribution in [1.82, 2.24) is 5.32 Å². The van der Waals surface area contributed by atoms with Gasteiger partial charge in [-0.05, 0) is 23.8 Å². The van der Waals surface area contributed by atoms with Gasteiger partial charge in [-0.2, -0.15) is 0 Å². The molecule has 7 aromatic carbocycles. The van der Waals surface area contributed by atoms with Crippen LogP contribution in [0.5, 0.6) is 0 Å². The van der Waals surface area contributed by atoms with Crippen molar-refractivity contribution >= 4 is 101 Å². The van der Waals surface area contributed by atoms with Gasteiger partial charge in [-0.15, -0.1) is 34.0 Å². The van der Waals surface area contributed by atoms with Gasteiger partial charge >= 0.3 is 0 Å². The van der Waals surface area contributed by atoms with Crippen LogP contribution in [0.2, 0.25) is 0 Å². The summed E-state index contributed by atoms with van der Waals surface area (Å²) >= 11 is 5.56. The summed E-state index contributed by atoms with van der Waals surface area (Å²) in [5.41, 5.74) is 12.6. The molecule has 3 heterocycles. The average molecular weight is 710 g/mol. The molecule has 3 nitrogen and oxygen atoms in total. The van der Waals surface area contributed by atoms with Gasteiger partial charge in [-0.3, -0.25) is 10.3 Å². The number of nitrogens with two attached hydrogens (primary N) is 1. The van der Waals surface area contributed by atoms with Crippen molar-refractivity contribution in [2.75, 3.05) is 0 Å². The monoisotopic (exact) mass is 709 g/mol. The third-order valence-corrected chi connectivity index (χ3v) is 13.5. The summed E-state index contributed by atoms with van der Waals surface area (Å²) in [6.07, 6.45) is 1.29. The molecule has 1 unspecified atom stereocenters. The van der Waals surface area contributed by atoms with Crippen LogP contribution in [0.3, 0.4) is 0 Å². The van der Waals surface area contributed by atoms with Gasteiger partial charge in [0.2, 0.25) is 0 Å². The van der Waals surface area contributed by atoms with E-state index in [0.29, 0.717) is 0 Å². The Morgan fingerprint density at radius 1 is 0.490 bits per heavy atom. The number of nitrogens with zero attached hydrogens (tertiary/aromatic N) is 1. The van der Waals surface area contributed by atoms with E-state index in [2.05, 4.69) is 139 Å². The molecule has 0 radical (unpaired) electrons. The molecular weight excluding hydrogens is 679 g/mol. The molecule has 0 spiro atoms. The maximum atomic E-state index is 6.83. The fourth-order valence-corrected chi connectivity index (χ4v) is 11.1. The molecule has 0 fully saturated rings. The summed E-state index contributed by atoms with van der Waals surface area (Å²) in [6, 6.07) is 54.1. The molecule has 2 atom stereocenters. The molecule has 0 bridgehead atoms. The summed E-state index contributed by atoms with van der Waals surface area (Å²) in [4.78, 5) is 5.33. The van der Waals surface area contributed by atoms with E-state index in [1.54, 1.807) is 0 Å². The van der Waals surface area contributed by atoms with Crippen molar-refractivity contribution in [3.05, 3.63) is 168 Å². The molecule has 0 saturated carbocycles. The van der Waals surface area contributed by atoms with Crippen LogP contribution in [0.25, 0.3) is 71.6 Å². The van der Waals surface area contributed by atoms with Crippen molar-refractivity contribution in [3.63, 3.8) is 0 Å². The molecule has 0 saturated heterocycles. The Bertz CT molecular complexity index is 2930. The van der Waals surface area contributed by atoms with Crippen molar-refractivity contribution in [2.24, 2.45) is 10.7 Å². The Kier molecular flexibility index (Phi) is 7.52. The first kappa shape index (κ1) is 30.6. The second-order valence-electron chi connectivity index (χ2n) is 12.8. The van der Waals surface area contributed by atoms with E-state index in [1.165, 1.54) is 71.6 Å². The summed E-state index contributed by atoms with van der Waals surface area (Å²) < 4.78 is 7.71. The molecule has 0 aliphatic carbocycles. The maximum Gasteiger partial charge on any atom is 0.127 e. The van der Waals surface area contributed by atoms with Gasteiger partial charge in [0, 0.05) is 89.0 Å². The Labute approximate surface area is 306 Å². The predicted molar refractivity (Wildman–Crippen MR) is 224 cm³/mol. The molecule has 0 amide bonds. The Morgan fingerprint density at radius 2 is 1.06 bits per heavy atom. The van der Waals surface area contributed by atoms with E-state index in [0.717, 1.165) is 16.7 Å². The fourth-order valence-electron chi connectivity index (χ4n) is 7.44. The van der Waals surface area contributed by atoms with Crippen molar-refractivity contribution in [3.8, 4) is 11.1 Å². The van der Waals surface area contributed by atoms with Crippen molar-refractivity contribution in [1.29, 1.82) is 0 Å². The largest absolute Gasteiger partial charge is 0.312 e. The minimum atomic E-state index is -0.396. The highest BCUT2D eigenvalue weighted by molar-refractivity contribution is 7.27. The molecule has 244 valence electrons. The third-order valence-electron chi connectivity index (χ3n) is 9.84. The number of hydrogen-bond donors (Lipinski definition) is 2. The van der Waals surface area contributed by atoms with Gasteiger partial charge < -0.3 is 5.73 Å². The first-order valence-electron chi connectivity index (χ1n) is 17.1. The van der Waals surface area contributed by atoms with Crippen LogP contribution in [-0.2, 0) is 0 Å². The highest BCUT2D eigenvalue weighted by Crippen LogP contribution is 2.46. The van der Waals surface area contributed by atoms with Crippen molar-refractivity contribution in [2.45, 2.75) is 12.3 Å². The van der Waals surface area contributed by atoms with E-state index in [9.17, 15) is 0 Å². The number of fused-ring (bicyclic) bond motifs is 9. The lowest BCUT2D eigenvalue weighted by atomic mass is 10.0. The first-order valence-corrected chi connectivity index (χ1v) is 19.5. The number of thiophene rings is 3. The normalized spacial score (nSPS) is 13.4. The van der Waals surface area contributed by atoms with Gasteiger partial charge in [0.15, 0.2) is 0 Å². The smallest absolute Gasteiger partial charge is 0.127 e. The van der Waals surface area contributed by atoms with Gasteiger partial charge in [0.05, 0.1) is 6.17 Å². The Morgan fingerprint density at radius 3 is 1.84 bits per heavy atom. The lowest BCUT2D eigenvalue weighted by Gasteiger charge is -2.22. The van der Waals surface area contributed by atoms with Crippen LogP contribution in [0, 0.1) is 0 Å². The van der Waals surface area contributed by atoms with E-state index < -0.39 is 6.17 Å². The zero-order valence-corrected chi connectivity index (χ0v) is 29.9. The van der Waals surface area contributed by atoms with Crippen LogP contribution in [0.4, 0.5) is 0 Å². The van der Waals surface area contributed by atoms with Crippen LogP contribution in [0.15, 0.2) is 157 Å². The second-order valence-corrected chi connectivity index (χ2v) is 16.0. The van der Waals surface area contributed by atoms with Gasteiger partial charge in [0.25, 0.3) is 0 Å². The SMILES string of the molecule is N[C@@H](NC(N=Cc1cccc2c1sc1c(-c3cccc4c3sc3ccccc34)cccc12)c1cccc2sc3ccccc3c12)c1ccccc1. The van der Waals surface area contributed by atoms with Gasteiger partial charge in [-0.1, -0.05) is 133 Å². The van der Waals surface area contributed by atoms with E-state index >= 15 is 0 Å². The summed E-state index contributed by atoms with van der Waals surface area (Å²) in [5, 5.41) is 11.3. The van der Waals surface area contributed by atoms with Crippen LogP contribution >= 0.6 is 34.0 Å². The van der Waals surface area contributed by atoms with E-state index in [4.69, 9.17) is 10.7 Å². The minimum Gasteiger partial charge on any atom is -0.312 e. The van der Waals surface area contributed by atoms with E-state index in [-0.39, 0.29) is 6.17 Å². The third kappa shape index (κ3) is 5.18. The Hall–Kier alpha value is -5.21. The molecule has 6 heteroatoms. The van der Waals surface area contributed by atoms with E-state index in [1.807, 2.05) is 58.4 Å². The fraction of sp³-hybridized carbons (Fsp3) is 0.0444. The lowest BCUT2D eigenvalue weighted by Crippen LogP contribution is -2.31. The highest BCUT2D eigenvalue weighted by atomic mass is 32.1. The minimum absolute atomic E-state index is 0.368. The molecular formula is C45H31N3S3. The number of hydrogen-bond acceptors (Lipinski definition) is 6. The number of aliphatic imine (C=N–C) groups is 1. The number of benzene rings is 7. The summed E-state index contributed by atoms with van der Waals surface area (Å²) in [5.74, 6) is 0. The van der Waals surface area contributed by atoms with Gasteiger partial charge in [0.1, 0.15) is 6.17 Å². The zero-order chi connectivity index (χ0) is 33.9. The van der Waals surface area contributed by atoms with Gasteiger partial charge in [-0.25, -0.2) is 0 Å². The summed E-state index contributed by atoms with van der Waals surface area (Å²) in [7, 11) is 0. The maximum absolute atomic E-state index is 6.83.